The van der Waals surface area contributed by atoms with Crippen molar-refractivity contribution in [2.75, 3.05) is 38.7 Å². The summed E-state index contributed by atoms with van der Waals surface area (Å²) >= 11 is 0. The Morgan fingerprint density at radius 1 is 1.32 bits per heavy atom. The number of benzene rings is 1. The van der Waals surface area contributed by atoms with Crippen molar-refractivity contribution in [1.29, 1.82) is 0 Å². The standard InChI is InChI=1S/C14H24N2O5S/c1-4-16(5-2)22(19,20)12-6-7-14(21-3)13(8-12)15-9-11(18)10-17/h6-8,11,15,17-18H,4-5,9-10H2,1-3H3. The van der Waals surface area contributed by atoms with Crippen LogP contribution in [-0.2, 0) is 10.0 Å². The fraction of sp³-hybridized carbons (Fsp3) is 0.571. The van der Waals surface area contributed by atoms with E-state index in [1.165, 1.54) is 23.5 Å². The van der Waals surface area contributed by atoms with E-state index in [1.807, 2.05) is 0 Å². The van der Waals surface area contributed by atoms with Crippen LogP contribution in [0.25, 0.3) is 0 Å². The second-order valence-corrected chi connectivity index (χ2v) is 6.61. The molecule has 0 fully saturated rings. The molecular formula is C14H24N2O5S. The average molecular weight is 332 g/mol. The highest BCUT2D eigenvalue weighted by Gasteiger charge is 2.22. The molecule has 0 aromatic heterocycles. The van der Waals surface area contributed by atoms with Gasteiger partial charge in [0.1, 0.15) is 5.75 Å². The quantitative estimate of drug-likeness (QED) is 0.609. The molecule has 0 spiro atoms. The Morgan fingerprint density at radius 2 is 1.95 bits per heavy atom. The first-order valence-corrected chi connectivity index (χ1v) is 8.55. The highest BCUT2D eigenvalue weighted by molar-refractivity contribution is 7.89. The average Bonchev–Trinajstić information content (AvgIpc) is 2.52. The Balaban J connectivity index is 3.13. The third kappa shape index (κ3) is 4.33. The Labute approximate surface area is 131 Å². The van der Waals surface area contributed by atoms with E-state index in [4.69, 9.17) is 9.84 Å². The van der Waals surface area contributed by atoms with Crippen LogP contribution in [0.3, 0.4) is 0 Å². The molecular weight excluding hydrogens is 308 g/mol. The van der Waals surface area contributed by atoms with Crippen molar-refractivity contribution in [3.05, 3.63) is 18.2 Å². The van der Waals surface area contributed by atoms with Crippen molar-refractivity contribution in [3.8, 4) is 5.75 Å². The number of anilines is 1. The van der Waals surface area contributed by atoms with Gasteiger partial charge < -0.3 is 20.3 Å². The van der Waals surface area contributed by atoms with Crippen LogP contribution in [0.5, 0.6) is 5.75 Å². The monoisotopic (exact) mass is 332 g/mol. The zero-order valence-electron chi connectivity index (χ0n) is 13.1. The molecule has 8 heteroatoms. The molecule has 1 unspecified atom stereocenters. The van der Waals surface area contributed by atoms with Gasteiger partial charge in [-0.2, -0.15) is 4.31 Å². The van der Waals surface area contributed by atoms with Gasteiger partial charge in [0.15, 0.2) is 0 Å². The van der Waals surface area contributed by atoms with Gasteiger partial charge in [-0.15, -0.1) is 0 Å². The molecule has 1 rings (SSSR count). The number of hydrogen-bond donors (Lipinski definition) is 3. The van der Waals surface area contributed by atoms with Crippen LogP contribution in [0, 0.1) is 0 Å². The van der Waals surface area contributed by atoms with E-state index in [0.29, 0.717) is 24.5 Å². The molecule has 0 aliphatic rings. The molecule has 0 amide bonds. The second-order valence-electron chi connectivity index (χ2n) is 4.67. The predicted molar refractivity (Wildman–Crippen MR) is 84.7 cm³/mol. The number of ether oxygens (including phenoxy) is 1. The lowest BCUT2D eigenvalue weighted by molar-refractivity contribution is 0.105. The molecule has 1 aromatic carbocycles. The van der Waals surface area contributed by atoms with Crippen molar-refractivity contribution in [2.45, 2.75) is 24.8 Å². The zero-order chi connectivity index (χ0) is 16.8. The summed E-state index contributed by atoms with van der Waals surface area (Å²) in [6, 6.07) is 4.51. The lowest BCUT2D eigenvalue weighted by Crippen LogP contribution is -2.30. The third-order valence-corrected chi connectivity index (χ3v) is 5.30. The first kappa shape index (κ1) is 18.7. The topological polar surface area (TPSA) is 99.1 Å². The molecule has 126 valence electrons. The van der Waals surface area contributed by atoms with E-state index in [-0.39, 0.29) is 18.0 Å². The Hall–Kier alpha value is -1.35. The predicted octanol–water partition coefficient (Wildman–Crippen LogP) is 0.491. The summed E-state index contributed by atoms with van der Waals surface area (Å²) in [6.45, 7) is 4.03. The number of aliphatic hydroxyl groups is 2. The summed E-state index contributed by atoms with van der Waals surface area (Å²) in [5, 5.41) is 21.1. The smallest absolute Gasteiger partial charge is 0.243 e. The van der Waals surface area contributed by atoms with Crippen molar-refractivity contribution in [2.24, 2.45) is 0 Å². The van der Waals surface area contributed by atoms with E-state index in [9.17, 15) is 13.5 Å². The molecule has 0 bridgehead atoms. The molecule has 1 aromatic rings. The van der Waals surface area contributed by atoms with Gasteiger partial charge in [-0.05, 0) is 18.2 Å². The van der Waals surface area contributed by atoms with Gasteiger partial charge in [0.05, 0.1) is 30.4 Å². The third-order valence-electron chi connectivity index (χ3n) is 3.25. The number of hydrogen-bond acceptors (Lipinski definition) is 6. The molecule has 0 aliphatic heterocycles. The van der Waals surface area contributed by atoms with Gasteiger partial charge in [0.2, 0.25) is 10.0 Å². The summed E-state index contributed by atoms with van der Waals surface area (Å²) in [4.78, 5) is 0.151. The highest BCUT2D eigenvalue weighted by Crippen LogP contribution is 2.28. The van der Waals surface area contributed by atoms with Gasteiger partial charge in [0, 0.05) is 19.6 Å². The minimum absolute atomic E-state index is 0.0850. The number of nitrogens with zero attached hydrogens (tertiary/aromatic N) is 1. The summed E-state index contributed by atoms with van der Waals surface area (Å²) in [7, 11) is -2.09. The summed E-state index contributed by atoms with van der Waals surface area (Å²) < 4.78 is 31.6. The first-order chi connectivity index (χ1) is 10.4. The van der Waals surface area contributed by atoms with Crippen molar-refractivity contribution in [3.63, 3.8) is 0 Å². The minimum atomic E-state index is -3.57. The van der Waals surface area contributed by atoms with Gasteiger partial charge >= 0.3 is 0 Å². The molecule has 0 saturated heterocycles. The summed E-state index contributed by atoms with van der Waals surface area (Å²) in [6.07, 6.45) is -0.937. The maximum atomic E-state index is 12.5. The number of sulfonamides is 1. The van der Waals surface area contributed by atoms with Crippen LogP contribution in [-0.4, -0.2) is 62.4 Å². The van der Waals surface area contributed by atoms with Crippen LogP contribution in [0.4, 0.5) is 5.69 Å². The molecule has 0 aliphatic carbocycles. The SMILES string of the molecule is CCN(CC)S(=O)(=O)c1ccc(OC)c(NCC(O)CO)c1. The van der Waals surface area contributed by atoms with E-state index in [0.717, 1.165) is 0 Å². The maximum Gasteiger partial charge on any atom is 0.243 e. The van der Waals surface area contributed by atoms with E-state index < -0.39 is 16.1 Å². The van der Waals surface area contributed by atoms with Crippen LogP contribution in [0.2, 0.25) is 0 Å². The lowest BCUT2D eigenvalue weighted by atomic mass is 10.2. The Bertz CT molecular complexity index is 573. The molecule has 0 radical (unpaired) electrons. The van der Waals surface area contributed by atoms with Gasteiger partial charge in [-0.1, -0.05) is 13.8 Å². The van der Waals surface area contributed by atoms with Gasteiger partial charge in [-0.25, -0.2) is 8.42 Å². The fourth-order valence-electron chi connectivity index (χ4n) is 1.99. The van der Waals surface area contributed by atoms with Crippen molar-refractivity contribution in [1.82, 2.24) is 4.31 Å². The maximum absolute atomic E-state index is 12.5. The van der Waals surface area contributed by atoms with E-state index >= 15 is 0 Å². The molecule has 0 heterocycles. The highest BCUT2D eigenvalue weighted by atomic mass is 32.2. The van der Waals surface area contributed by atoms with E-state index in [1.54, 1.807) is 19.9 Å². The van der Waals surface area contributed by atoms with Gasteiger partial charge in [0.25, 0.3) is 0 Å². The van der Waals surface area contributed by atoms with E-state index in [2.05, 4.69) is 5.32 Å². The van der Waals surface area contributed by atoms with Crippen LogP contribution >= 0.6 is 0 Å². The second kappa shape index (κ2) is 8.33. The fourth-order valence-corrected chi connectivity index (χ4v) is 3.48. The van der Waals surface area contributed by atoms with Crippen LogP contribution in [0.1, 0.15) is 13.8 Å². The molecule has 1 atom stereocenters. The first-order valence-electron chi connectivity index (χ1n) is 7.11. The number of nitrogens with one attached hydrogen (secondary N) is 1. The lowest BCUT2D eigenvalue weighted by Gasteiger charge is -2.20. The molecule has 3 N–H and O–H groups in total. The van der Waals surface area contributed by atoms with Crippen LogP contribution < -0.4 is 10.1 Å². The minimum Gasteiger partial charge on any atom is -0.495 e. The molecule has 22 heavy (non-hydrogen) atoms. The zero-order valence-corrected chi connectivity index (χ0v) is 13.9. The normalized spacial score (nSPS) is 13.2. The number of methoxy groups -OCH3 is 1. The summed E-state index contributed by atoms with van der Waals surface area (Å²) in [5.41, 5.74) is 0.447. The number of aliphatic hydroxyl groups excluding tert-OH is 2. The van der Waals surface area contributed by atoms with Crippen molar-refractivity contribution < 1.29 is 23.4 Å². The van der Waals surface area contributed by atoms with Gasteiger partial charge in [-0.3, -0.25) is 0 Å². The number of rotatable bonds is 9. The molecule has 0 saturated carbocycles. The summed E-state index contributed by atoms with van der Waals surface area (Å²) in [5.74, 6) is 0.462. The molecule has 7 nitrogen and oxygen atoms in total. The largest absolute Gasteiger partial charge is 0.495 e. The van der Waals surface area contributed by atoms with Crippen LogP contribution in [0.15, 0.2) is 23.1 Å². The van der Waals surface area contributed by atoms with Crippen molar-refractivity contribution >= 4 is 15.7 Å². The Kier molecular flexibility index (Phi) is 7.08. The Morgan fingerprint density at radius 3 is 2.45 bits per heavy atom.